The van der Waals surface area contributed by atoms with Gasteiger partial charge in [-0.05, 0) is 6.92 Å². The van der Waals surface area contributed by atoms with Crippen LogP contribution in [0.2, 0.25) is 0 Å². The number of anilines is 1. The van der Waals surface area contributed by atoms with Crippen molar-refractivity contribution in [1.82, 2.24) is 15.0 Å². The third kappa shape index (κ3) is 3.16. The molecule has 0 saturated heterocycles. The molecule has 0 amide bonds. The van der Waals surface area contributed by atoms with Gasteiger partial charge in [-0.1, -0.05) is 6.92 Å². The Morgan fingerprint density at radius 2 is 2.28 bits per heavy atom. The number of hydrogen-bond donors (Lipinski definition) is 1. The highest BCUT2D eigenvalue weighted by atomic mass is 32.1. The van der Waals surface area contributed by atoms with Gasteiger partial charge in [0.2, 0.25) is 11.8 Å². The molecule has 0 aliphatic rings. The highest BCUT2D eigenvalue weighted by Crippen LogP contribution is 2.18. The number of ether oxygens (including phenoxy) is 1. The number of hydrogen-bond acceptors (Lipinski definition) is 6. The number of aryl methyl sites for hydroxylation is 1. The largest absolute Gasteiger partial charge is 0.481 e. The standard InChI is InChI=1S/C12H16N4OS/c1-8(11-13-4-5-18-11)7-14-12-15-9(2)6-10(16-12)17-3/h4-6,8H,7H2,1-3H3,(H,14,15,16). The highest BCUT2D eigenvalue weighted by molar-refractivity contribution is 7.09. The first kappa shape index (κ1) is 12.8. The number of thiazole rings is 1. The first-order valence-corrected chi connectivity index (χ1v) is 6.60. The number of nitrogens with zero attached hydrogens (tertiary/aromatic N) is 3. The van der Waals surface area contributed by atoms with Gasteiger partial charge in [0, 0.05) is 35.8 Å². The fourth-order valence-corrected chi connectivity index (χ4v) is 2.23. The molecule has 0 saturated carbocycles. The molecule has 2 aromatic heterocycles. The third-order valence-electron chi connectivity index (χ3n) is 2.48. The van der Waals surface area contributed by atoms with E-state index in [9.17, 15) is 0 Å². The summed E-state index contributed by atoms with van der Waals surface area (Å²) in [5.41, 5.74) is 0.881. The monoisotopic (exact) mass is 264 g/mol. The predicted molar refractivity (Wildman–Crippen MR) is 72.3 cm³/mol. The topological polar surface area (TPSA) is 59.9 Å². The van der Waals surface area contributed by atoms with Crippen molar-refractivity contribution in [2.45, 2.75) is 19.8 Å². The van der Waals surface area contributed by atoms with E-state index >= 15 is 0 Å². The molecule has 0 spiro atoms. The van der Waals surface area contributed by atoms with Crippen molar-refractivity contribution in [3.05, 3.63) is 28.3 Å². The molecule has 1 unspecified atom stereocenters. The third-order valence-corrected chi connectivity index (χ3v) is 3.49. The Kier molecular flexibility index (Phi) is 4.09. The smallest absolute Gasteiger partial charge is 0.226 e. The van der Waals surface area contributed by atoms with Crippen LogP contribution in [-0.4, -0.2) is 28.6 Å². The highest BCUT2D eigenvalue weighted by Gasteiger charge is 2.09. The van der Waals surface area contributed by atoms with Crippen LogP contribution in [0.4, 0.5) is 5.95 Å². The summed E-state index contributed by atoms with van der Waals surface area (Å²) in [7, 11) is 1.60. The van der Waals surface area contributed by atoms with Crippen LogP contribution in [0, 0.1) is 6.92 Å². The maximum atomic E-state index is 5.11. The van der Waals surface area contributed by atoms with Crippen LogP contribution < -0.4 is 10.1 Å². The molecule has 0 bridgehead atoms. The first-order chi connectivity index (χ1) is 8.69. The lowest BCUT2D eigenvalue weighted by molar-refractivity contribution is 0.397. The van der Waals surface area contributed by atoms with Crippen LogP contribution in [0.25, 0.3) is 0 Å². The van der Waals surface area contributed by atoms with E-state index in [-0.39, 0.29) is 0 Å². The zero-order valence-corrected chi connectivity index (χ0v) is 11.5. The lowest BCUT2D eigenvalue weighted by atomic mass is 10.2. The van der Waals surface area contributed by atoms with E-state index in [1.165, 1.54) is 0 Å². The summed E-state index contributed by atoms with van der Waals surface area (Å²) in [6.07, 6.45) is 1.82. The van der Waals surface area contributed by atoms with E-state index in [2.05, 4.69) is 27.2 Å². The molecule has 2 rings (SSSR count). The van der Waals surface area contributed by atoms with Gasteiger partial charge in [0.25, 0.3) is 0 Å². The number of rotatable bonds is 5. The molecule has 2 heterocycles. The van der Waals surface area contributed by atoms with E-state index in [0.717, 1.165) is 17.2 Å². The van der Waals surface area contributed by atoms with Crippen molar-refractivity contribution in [2.75, 3.05) is 19.0 Å². The van der Waals surface area contributed by atoms with Crippen molar-refractivity contribution >= 4 is 17.3 Å². The minimum Gasteiger partial charge on any atom is -0.481 e. The Morgan fingerprint density at radius 1 is 1.44 bits per heavy atom. The molecule has 5 nitrogen and oxygen atoms in total. The zero-order valence-electron chi connectivity index (χ0n) is 10.7. The van der Waals surface area contributed by atoms with Gasteiger partial charge in [-0.2, -0.15) is 4.98 Å². The molecule has 0 radical (unpaired) electrons. The Labute approximate surface area is 110 Å². The van der Waals surface area contributed by atoms with Crippen molar-refractivity contribution in [2.24, 2.45) is 0 Å². The molecule has 2 aromatic rings. The van der Waals surface area contributed by atoms with E-state index in [1.54, 1.807) is 24.5 Å². The average Bonchev–Trinajstić information content (AvgIpc) is 2.89. The Balaban J connectivity index is 1.99. The normalized spacial score (nSPS) is 12.2. The van der Waals surface area contributed by atoms with Crippen LogP contribution in [0.5, 0.6) is 5.88 Å². The van der Waals surface area contributed by atoms with Crippen LogP contribution in [0.15, 0.2) is 17.6 Å². The molecule has 96 valence electrons. The van der Waals surface area contributed by atoms with Gasteiger partial charge < -0.3 is 10.1 Å². The van der Waals surface area contributed by atoms with Crippen molar-refractivity contribution < 1.29 is 4.74 Å². The molecular formula is C12H16N4OS. The van der Waals surface area contributed by atoms with E-state index in [1.807, 2.05) is 18.5 Å². The number of nitrogens with one attached hydrogen (secondary N) is 1. The second-order valence-electron chi connectivity index (χ2n) is 4.03. The lowest BCUT2D eigenvalue weighted by Gasteiger charge is -2.11. The SMILES string of the molecule is COc1cc(C)nc(NCC(C)c2nccs2)n1. The Morgan fingerprint density at radius 3 is 2.94 bits per heavy atom. The first-order valence-electron chi connectivity index (χ1n) is 5.72. The van der Waals surface area contributed by atoms with Gasteiger partial charge in [-0.3, -0.25) is 0 Å². The second-order valence-corrected chi connectivity index (χ2v) is 4.95. The van der Waals surface area contributed by atoms with Crippen LogP contribution in [-0.2, 0) is 0 Å². The molecule has 0 fully saturated rings. The molecule has 0 aliphatic carbocycles. The molecule has 6 heteroatoms. The molecule has 18 heavy (non-hydrogen) atoms. The number of methoxy groups -OCH3 is 1. The molecule has 0 aromatic carbocycles. The predicted octanol–water partition coefficient (Wildman–Crippen LogP) is 2.47. The van der Waals surface area contributed by atoms with E-state index in [0.29, 0.717) is 17.7 Å². The Hall–Kier alpha value is -1.69. The summed E-state index contributed by atoms with van der Waals surface area (Å²) < 4.78 is 5.11. The van der Waals surface area contributed by atoms with Gasteiger partial charge in [-0.15, -0.1) is 11.3 Å². The van der Waals surface area contributed by atoms with E-state index in [4.69, 9.17) is 4.74 Å². The summed E-state index contributed by atoms with van der Waals surface area (Å²) in [5, 5.41) is 6.31. The van der Waals surface area contributed by atoms with Crippen molar-refractivity contribution in [1.29, 1.82) is 0 Å². The molecule has 1 atom stereocenters. The maximum Gasteiger partial charge on any atom is 0.226 e. The van der Waals surface area contributed by atoms with Gasteiger partial charge >= 0.3 is 0 Å². The fourth-order valence-electron chi connectivity index (χ4n) is 1.53. The number of aromatic nitrogens is 3. The molecule has 1 N–H and O–H groups in total. The lowest BCUT2D eigenvalue weighted by Crippen LogP contribution is -2.12. The van der Waals surface area contributed by atoms with Gasteiger partial charge in [0.15, 0.2) is 0 Å². The van der Waals surface area contributed by atoms with Gasteiger partial charge in [-0.25, -0.2) is 9.97 Å². The van der Waals surface area contributed by atoms with Crippen molar-refractivity contribution in [3.8, 4) is 5.88 Å². The van der Waals surface area contributed by atoms with Gasteiger partial charge in [0.1, 0.15) is 0 Å². The fraction of sp³-hybridized carbons (Fsp3) is 0.417. The molecule has 0 aliphatic heterocycles. The van der Waals surface area contributed by atoms with Crippen LogP contribution in [0.3, 0.4) is 0 Å². The minimum absolute atomic E-state index is 0.333. The molecular weight excluding hydrogens is 248 g/mol. The summed E-state index contributed by atoms with van der Waals surface area (Å²) in [4.78, 5) is 12.9. The summed E-state index contributed by atoms with van der Waals surface area (Å²) in [6, 6.07) is 1.80. The second kappa shape index (κ2) is 5.77. The van der Waals surface area contributed by atoms with Crippen LogP contribution in [0.1, 0.15) is 23.5 Å². The van der Waals surface area contributed by atoms with Crippen LogP contribution >= 0.6 is 11.3 Å². The quantitative estimate of drug-likeness (QED) is 0.899. The Bertz CT molecular complexity index is 501. The summed E-state index contributed by atoms with van der Waals surface area (Å²) in [6.45, 7) is 4.79. The van der Waals surface area contributed by atoms with E-state index < -0.39 is 0 Å². The summed E-state index contributed by atoms with van der Waals surface area (Å²) in [5.74, 6) is 1.50. The maximum absolute atomic E-state index is 5.11. The minimum atomic E-state index is 0.333. The summed E-state index contributed by atoms with van der Waals surface area (Å²) >= 11 is 1.66. The zero-order chi connectivity index (χ0) is 13.0. The van der Waals surface area contributed by atoms with Crippen molar-refractivity contribution in [3.63, 3.8) is 0 Å². The average molecular weight is 264 g/mol. The van der Waals surface area contributed by atoms with Gasteiger partial charge in [0.05, 0.1) is 12.1 Å².